The van der Waals surface area contributed by atoms with Crippen molar-refractivity contribution in [3.05, 3.63) is 34.3 Å². The first-order valence-electron chi connectivity index (χ1n) is 5.65. The third-order valence-corrected chi connectivity index (χ3v) is 4.03. The molecule has 86 valence electrons. The number of rotatable bonds is 3. The average Bonchev–Trinajstić information content (AvgIpc) is 2.68. The van der Waals surface area contributed by atoms with Crippen LogP contribution < -0.4 is 5.32 Å². The van der Waals surface area contributed by atoms with E-state index in [2.05, 4.69) is 28.2 Å². The van der Waals surface area contributed by atoms with Gasteiger partial charge in [0.25, 0.3) is 0 Å². The third kappa shape index (κ3) is 2.53. The van der Waals surface area contributed by atoms with E-state index in [1.54, 1.807) is 0 Å². The first-order valence-corrected chi connectivity index (χ1v) is 6.44. The molecule has 16 heavy (non-hydrogen) atoms. The predicted octanol–water partition coefficient (Wildman–Crippen LogP) is 2.42. The molecule has 0 bridgehead atoms. The second-order valence-electron chi connectivity index (χ2n) is 4.48. The van der Waals surface area contributed by atoms with Crippen molar-refractivity contribution in [2.45, 2.75) is 13.3 Å². The number of ketones is 1. The van der Waals surface area contributed by atoms with E-state index in [-0.39, 0.29) is 5.92 Å². The molecule has 2 atom stereocenters. The van der Waals surface area contributed by atoms with Gasteiger partial charge in [0.1, 0.15) is 5.78 Å². The van der Waals surface area contributed by atoms with Gasteiger partial charge in [0.15, 0.2) is 0 Å². The normalized spacial score (nSPS) is 24.6. The number of carbonyl (C=O) groups excluding carboxylic acids is 1. The lowest BCUT2D eigenvalue weighted by molar-refractivity contribution is -0.122. The maximum Gasteiger partial charge on any atom is 0.141 e. The fraction of sp³-hybridized carbons (Fsp3) is 0.462. The largest absolute Gasteiger partial charge is 0.316 e. The van der Waals surface area contributed by atoms with E-state index in [0.717, 1.165) is 23.1 Å². The molecule has 3 heteroatoms. The highest BCUT2D eigenvalue weighted by atomic mass is 79.9. The Morgan fingerprint density at radius 3 is 2.81 bits per heavy atom. The zero-order valence-corrected chi connectivity index (χ0v) is 11.0. The van der Waals surface area contributed by atoms with Gasteiger partial charge < -0.3 is 5.32 Å². The molecule has 0 aliphatic carbocycles. The number of hydrogen-bond donors (Lipinski definition) is 1. The summed E-state index contributed by atoms with van der Waals surface area (Å²) in [6.07, 6.45) is 0.540. The number of benzene rings is 1. The number of Topliss-reactive ketones (excluding diaryl/α,β-unsaturated/α-hetero) is 1. The van der Waals surface area contributed by atoms with Gasteiger partial charge in [-0.15, -0.1) is 0 Å². The topological polar surface area (TPSA) is 29.1 Å². The molecule has 2 nitrogen and oxygen atoms in total. The van der Waals surface area contributed by atoms with E-state index >= 15 is 0 Å². The summed E-state index contributed by atoms with van der Waals surface area (Å²) in [6.45, 7) is 3.94. The Morgan fingerprint density at radius 1 is 1.44 bits per heavy atom. The van der Waals surface area contributed by atoms with Crippen molar-refractivity contribution in [2.24, 2.45) is 11.8 Å². The summed E-state index contributed by atoms with van der Waals surface area (Å²) in [5, 5.41) is 3.27. The smallest absolute Gasteiger partial charge is 0.141 e. The molecule has 1 aliphatic rings. The molecule has 0 amide bonds. The second-order valence-corrected chi connectivity index (χ2v) is 5.33. The van der Waals surface area contributed by atoms with Gasteiger partial charge in [-0.3, -0.25) is 4.79 Å². The van der Waals surface area contributed by atoms with E-state index in [9.17, 15) is 4.79 Å². The molecule has 0 radical (unpaired) electrons. The van der Waals surface area contributed by atoms with E-state index in [1.165, 1.54) is 0 Å². The summed E-state index contributed by atoms with van der Waals surface area (Å²) in [7, 11) is 0. The lowest BCUT2D eigenvalue weighted by atomic mass is 9.90. The molecular formula is C13H16BrNO. The zero-order chi connectivity index (χ0) is 11.5. The van der Waals surface area contributed by atoms with Crippen molar-refractivity contribution < 1.29 is 4.79 Å². The first kappa shape index (κ1) is 11.8. The van der Waals surface area contributed by atoms with Crippen LogP contribution in [0.2, 0.25) is 0 Å². The van der Waals surface area contributed by atoms with Crippen LogP contribution in [0.25, 0.3) is 0 Å². The molecule has 1 saturated heterocycles. The first-order chi connectivity index (χ1) is 7.68. The van der Waals surface area contributed by atoms with Crippen LogP contribution in [0.4, 0.5) is 0 Å². The van der Waals surface area contributed by atoms with E-state index in [1.807, 2.05) is 24.3 Å². The minimum atomic E-state index is 0.187. The Morgan fingerprint density at radius 2 is 2.19 bits per heavy atom. The maximum absolute atomic E-state index is 12.1. The van der Waals surface area contributed by atoms with Gasteiger partial charge in [0.05, 0.1) is 0 Å². The van der Waals surface area contributed by atoms with Crippen molar-refractivity contribution in [3.63, 3.8) is 0 Å². The summed E-state index contributed by atoms with van der Waals surface area (Å²) in [6, 6.07) is 7.94. The zero-order valence-electron chi connectivity index (χ0n) is 9.37. The number of halogens is 1. The van der Waals surface area contributed by atoms with Gasteiger partial charge >= 0.3 is 0 Å². The standard InChI is InChI=1S/C13H16BrNO/c1-9-7-15-8-11(9)13(16)6-10-4-2-3-5-12(10)14/h2-5,9,11,15H,6-8H2,1H3. The SMILES string of the molecule is CC1CNCC1C(=O)Cc1ccccc1Br. The maximum atomic E-state index is 12.1. The second kappa shape index (κ2) is 5.11. The van der Waals surface area contributed by atoms with Gasteiger partial charge in [-0.1, -0.05) is 41.1 Å². The van der Waals surface area contributed by atoms with Crippen LogP contribution in [0.15, 0.2) is 28.7 Å². The molecule has 1 N–H and O–H groups in total. The highest BCUT2D eigenvalue weighted by Gasteiger charge is 2.29. The van der Waals surface area contributed by atoms with E-state index < -0.39 is 0 Å². The van der Waals surface area contributed by atoms with Crippen molar-refractivity contribution in [2.75, 3.05) is 13.1 Å². The van der Waals surface area contributed by atoms with Crippen LogP contribution in [0, 0.1) is 11.8 Å². The molecule has 2 rings (SSSR count). The summed E-state index contributed by atoms with van der Waals surface area (Å²) in [5.41, 5.74) is 1.09. The molecule has 0 aromatic heterocycles. The van der Waals surface area contributed by atoms with Gasteiger partial charge in [-0.2, -0.15) is 0 Å². The molecular weight excluding hydrogens is 266 g/mol. The third-order valence-electron chi connectivity index (χ3n) is 3.25. The highest BCUT2D eigenvalue weighted by molar-refractivity contribution is 9.10. The van der Waals surface area contributed by atoms with Gasteiger partial charge in [-0.25, -0.2) is 0 Å². The van der Waals surface area contributed by atoms with Gasteiger partial charge in [-0.05, 0) is 24.1 Å². The molecule has 1 fully saturated rings. The lowest BCUT2D eigenvalue weighted by Crippen LogP contribution is -2.23. The minimum absolute atomic E-state index is 0.187. The molecule has 0 spiro atoms. The van der Waals surface area contributed by atoms with E-state index in [4.69, 9.17) is 0 Å². The number of nitrogens with one attached hydrogen (secondary N) is 1. The van der Waals surface area contributed by atoms with Crippen molar-refractivity contribution in [1.82, 2.24) is 5.32 Å². The summed E-state index contributed by atoms with van der Waals surface area (Å²) >= 11 is 3.48. The van der Waals surface area contributed by atoms with Gasteiger partial charge in [0.2, 0.25) is 0 Å². The Balaban J connectivity index is 2.05. The quantitative estimate of drug-likeness (QED) is 0.922. The van der Waals surface area contributed by atoms with Crippen LogP contribution in [0.1, 0.15) is 12.5 Å². The van der Waals surface area contributed by atoms with Crippen LogP contribution in [-0.4, -0.2) is 18.9 Å². The van der Waals surface area contributed by atoms with Crippen LogP contribution in [0.3, 0.4) is 0 Å². The van der Waals surface area contributed by atoms with Crippen molar-refractivity contribution in [3.8, 4) is 0 Å². The van der Waals surface area contributed by atoms with Gasteiger partial charge in [0, 0.05) is 23.4 Å². The highest BCUT2D eigenvalue weighted by Crippen LogP contribution is 2.22. The predicted molar refractivity (Wildman–Crippen MR) is 68.4 cm³/mol. The molecule has 1 aliphatic heterocycles. The molecule has 1 aromatic carbocycles. The summed E-state index contributed by atoms with van der Waals surface area (Å²) in [4.78, 5) is 12.1. The lowest BCUT2D eigenvalue weighted by Gasteiger charge is -2.13. The van der Waals surface area contributed by atoms with Crippen LogP contribution in [-0.2, 0) is 11.2 Å². The number of hydrogen-bond acceptors (Lipinski definition) is 2. The van der Waals surface area contributed by atoms with E-state index in [0.29, 0.717) is 18.1 Å². The fourth-order valence-electron chi connectivity index (χ4n) is 2.20. The van der Waals surface area contributed by atoms with Crippen molar-refractivity contribution >= 4 is 21.7 Å². The summed E-state index contributed by atoms with van der Waals surface area (Å²) in [5.74, 6) is 1.01. The van der Waals surface area contributed by atoms with Crippen LogP contribution in [0.5, 0.6) is 0 Å². The van der Waals surface area contributed by atoms with Crippen LogP contribution >= 0.6 is 15.9 Å². The Hall–Kier alpha value is -0.670. The Labute approximate surface area is 105 Å². The molecule has 2 unspecified atom stereocenters. The molecule has 1 aromatic rings. The Bertz CT molecular complexity index is 391. The average molecular weight is 282 g/mol. The minimum Gasteiger partial charge on any atom is -0.316 e. The van der Waals surface area contributed by atoms with Crippen molar-refractivity contribution in [1.29, 1.82) is 0 Å². The Kier molecular flexibility index (Phi) is 3.77. The summed E-state index contributed by atoms with van der Waals surface area (Å²) < 4.78 is 1.03. The fourth-order valence-corrected chi connectivity index (χ4v) is 2.63. The number of carbonyl (C=O) groups is 1. The molecule has 1 heterocycles. The molecule has 0 saturated carbocycles. The monoisotopic (exact) mass is 281 g/mol.